The van der Waals surface area contributed by atoms with Gasteiger partial charge in [-0.25, -0.2) is 0 Å². The maximum Gasteiger partial charge on any atom is 0.200 e. The van der Waals surface area contributed by atoms with Gasteiger partial charge in [-0.05, 0) is 31.0 Å². The quantitative estimate of drug-likeness (QED) is 0.764. The minimum Gasteiger partial charge on any atom is -0.485 e. The molecule has 0 bridgehead atoms. The van der Waals surface area contributed by atoms with Crippen molar-refractivity contribution in [1.29, 1.82) is 0 Å². The molecular formula is C16H16O2. The Balaban J connectivity index is 2.04. The predicted molar refractivity (Wildman–Crippen MR) is 72.2 cm³/mol. The van der Waals surface area contributed by atoms with E-state index in [4.69, 9.17) is 4.74 Å². The van der Waals surface area contributed by atoms with Gasteiger partial charge in [0.1, 0.15) is 5.75 Å². The topological polar surface area (TPSA) is 26.3 Å². The third-order valence-corrected chi connectivity index (χ3v) is 2.80. The first-order valence-corrected chi connectivity index (χ1v) is 5.95. The number of ether oxygens (including phenoxy) is 1. The normalized spacial score (nSPS) is 10.1. The van der Waals surface area contributed by atoms with Gasteiger partial charge < -0.3 is 4.74 Å². The van der Waals surface area contributed by atoms with Crippen molar-refractivity contribution in [2.45, 2.75) is 13.8 Å². The summed E-state index contributed by atoms with van der Waals surface area (Å²) < 4.78 is 5.58. The fourth-order valence-corrected chi connectivity index (χ4v) is 1.71. The van der Waals surface area contributed by atoms with E-state index in [-0.39, 0.29) is 12.4 Å². The number of carbonyl (C=O) groups is 1. The van der Waals surface area contributed by atoms with E-state index < -0.39 is 0 Å². The highest BCUT2D eigenvalue weighted by Gasteiger charge is 2.07. The van der Waals surface area contributed by atoms with Crippen LogP contribution < -0.4 is 4.74 Å². The van der Waals surface area contributed by atoms with Crippen LogP contribution >= 0.6 is 0 Å². The molecule has 0 heterocycles. The Hall–Kier alpha value is -2.09. The summed E-state index contributed by atoms with van der Waals surface area (Å²) >= 11 is 0. The maximum atomic E-state index is 11.9. The number of hydrogen-bond acceptors (Lipinski definition) is 2. The van der Waals surface area contributed by atoms with Gasteiger partial charge in [0, 0.05) is 5.56 Å². The standard InChI is InChI=1S/C16H16O2/c1-12-8-9-13(2)16(10-12)18-11-15(17)14-6-4-3-5-7-14/h3-10H,11H2,1-2H3. The van der Waals surface area contributed by atoms with Crippen molar-refractivity contribution in [1.82, 2.24) is 0 Å². The lowest BCUT2D eigenvalue weighted by molar-refractivity contribution is 0.0921. The van der Waals surface area contributed by atoms with E-state index in [0.717, 1.165) is 16.9 Å². The second-order valence-electron chi connectivity index (χ2n) is 4.35. The van der Waals surface area contributed by atoms with E-state index in [1.807, 2.05) is 50.2 Å². The summed E-state index contributed by atoms with van der Waals surface area (Å²) in [5, 5.41) is 0. The first-order chi connectivity index (χ1) is 8.66. The van der Waals surface area contributed by atoms with Crippen LogP contribution in [0, 0.1) is 13.8 Å². The summed E-state index contributed by atoms with van der Waals surface area (Å²) in [7, 11) is 0. The van der Waals surface area contributed by atoms with Crippen molar-refractivity contribution in [2.24, 2.45) is 0 Å². The fraction of sp³-hybridized carbons (Fsp3) is 0.188. The molecule has 0 aliphatic heterocycles. The van der Waals surface area contributed by atoms with Crippen LogP contribution in [0.5, 0.6) is 5.75 Å². The van der Waals surface area contributed by atoms with Crippen LogP contribution in [0.1, 0.15) is 21.5 Å². The number of carbonyl (C=O) groups excluding carboxylic acids is 1. The predicted octanol–water partition coefficient (Wildman–Crippen LogP) is 3.57. The molecule has 0 saturated carbocycles. The molecule has 18 heavy (non-hydrogen) atoms. The Bertz CT molecular complexity index is 544. The highest BCUT2D eigenvalue weighted by molar-refractivity contribution is 5.97. The molecule has 0 amide bonds. The molecule has 0 aliphatic carbocycles. The summed E-state index contributed by atoms with van der Waals surface area (Å²) in [4.78, 5) is 11.9. The van der Waals surface area contributed by atoms with Crippen LogP contribution in [0.25, 0.3) is 0 Å². The smallest absolute Gasteiger partial charge is 0.200 e. The molecule has 2 heteroatoms. The average molecular weight is 240 g/mol. The number of benzene rings is 2. The first kappa shape index (κ1) is 12.4. The molecule has 0 saturated heterocycles. The molecular weight excluding hydrogens is 224 g/mol. The molecule has 0 unspecified atom stereocenters. The van der Waals surface area contributed by atoms with Gasteiger partial charge in [-0.15, -0.1) is 0 Å². The number of aryl methyl sites for hydroxylation is 2. The number of hydrogen-bond donors (Lipinski definition) is 0. The molecule has 2 aromatic rings. The summed E-state index contributed by atoms with van der Waals surface area (Å²) in [6.07, 6.45) is 0. The van der Waals surface area contributed by atoms with E-state index in [9.17, 15) is 4.79 Å². The minimum atomic E-state index is -0.00324. The van der Waals surface area contributed by atoms with Gasteiger partial charge in [0.2, 0.25) is 0 Å². The molecule has 2 aromatic carbocycles. The van der Waals surface area contributed by atoms with Crippen LogP contribution in [0.2, 0.25) is 0 Å². The second-order valence-corrected chi connectivity index (χ2v) is 4.35. The second kappa shape index (κ2) is 5.50. The van der Waals surface area contributed by atoms with E-state index in [1.54, 1.807) is 12.1 Å². The molecule has 0 atom stereocenters. The van der Waals surface area contributed by atoms with E-state index in [1.165, 1.54) is 0 Å². The molecule has 0 radical (unpaired) electrons. The third kappa shape index (κ3) is 2.98. The Morgan fingerprint density at radius 3 is 2.50 bits per heavy atom. The Morgan fingerprint density at radius 2 is 1.78 bits per heavy atom. The Kier molecular flexibility index (Phi) is 3.78. The zero-order valence-electron chi connectivity index (χ0n) is 10.6. The fourth-order valence-electron chi connectivity index (χ4n) is 1.71. The lowest BCUT2D eigenvalue weighted by atomic mass is 10.1. The molecule has 0 aliphatic rings. The summed E-state index contributed by atoms with van der Waals surface area (Å²) in [6.45, 7) is 4.06. The number of rotatable bonds is 4. The van der Waals surface area contributed by atoms with Crippen LogP contribution in [-0.4, -0.2) is 12.4 Å². The van der Waals surface area contributed by atoms with E-state index in [2.05, 4.69) is 0 Å². The molecule has 0 fully saturated rings. The van der Waals surface area contributed by atoms with Gasteiger partial charge in [-0.1, -0.05) is 42.5 Å². The lowest BCUT2D eigenvalue weighted by Crippen LogP contribution is -2.12. The van der Waals surface area contributed by atoms with Crippen molar-refractivity contribution in [3.05, 3.63) is 65.2 Å². The molecule has 0 spiro atoms. The largest absolute Gasteiger partial charge is 0.485 e. The first-order valence-electron chi connectivity index (χ1n) is 5.95. The van der Waals surface area contributed by atoms with Gasteiger partial charge in [0.05, 0.1) is 0 Å². The summed E-state index contributed by atoms with van der Waals surface area (Å²) in [5.41, 5.74) is 2.85. The van der Waals surface area contributed by atoms with Crippen molar-refractivity contribution < 1.29 is 9.53 Å². The molecule has 0 aromatic heterocycles. The van der Waals surface area contributed by atoms with Crippen molar-refractivity contribution in [3.63, 3.8) is 0 Å². The molecule has 92 valence electrons. The average Bonchev–Trinajstić information content (AvgIpc) is 2.40. The number of Topliss-reactive ketones (excluding diaryl/α,β-unsaturated/α-hetero) is 1. The zero-order chi connectivity index (χ0) is 13.0. The lowest BCUT2D eigenvalue weighted by Gasteiger charge is -2.09. The van der Waals surface area contributed by atoms with Crippen molar-refractivity contribution in [2.75, 3.05) is 6.61 Å². The molecule has 2 nitrogen and oxygen atoms in total. The maximum absolute atomic E-state index is 11.9. The van der Waals surface area contributed by atoms with Crippen LogP contribution in [-0.2, 0) is 0 Å². The third-order valence-electron chi connectivity index (χ3n) is 2.80. The minimum absolute atomic E-state index is 0.00324. The molecule has 2 rings (SSSR count). The summed E-state index contributed by atoms with van der Waals surface area (Å²) in [5.74, 6) is 0.774. The van der Waals surface area contributed by atoms with Crippen LogP contribution in [0.4, 0.5) is 0 Å². The van der Waals surface area contributed by atoms with Crippen LogP contribution in [0.3, 0.4) is 0 Å². The van der Waals surface area contributed by atoms with Crippen LogP contribution in [0.15, 0.2) is 48.5 Å². The van der Waals surface area contributed by atoms with Gasteiger partial charge in [-0.3, -0.25) is 4.79 Å². The highest BCUT2D eigenvalue weighted by Crippen LogP contribution is 2.19. The Morgan fingerprint density at radius 1 is 1.06 bits per heavy atom. The monoisotopic (exact) mass is 240 g/mol. The van der Waals surface area contributed by atoms with E-state index in [0.29, 0.717) is 5.56 Å². The van der Waals surface area contributed by atoms with Gasteiger partial charge >= 0.3 is 0 Å². The molecule has 0 N–H and O–H groups in total. The SMILES string of the molecule is Cc1ccc(C)c(OCC(=O)c2ccccc2)c1. The summed E-state index contributed by atoms with van der Waals surface area (Å²) in [6, 6.07) is 15.2. The van der Waals surface area contributed by atoms with Gasteiger partial charge in [0.15, 0.2) is 12.4 Å². The Labute approximate surface area is 107 Å². The highest BCUT2D eigenvalue weighted by atomic mass is 16.5. The number of ketones is 1. The van der Waals surface area contributed by atoms with Gasteiger partial charge in [-0.2, -0.15) is 0 Å². The van der Waals surface area contributed by atoms with Crippen molar-refractivity contribution >= 4 is 5.78 Å². The van der Waals surface area contributed by atoms with Crippen molar-refractivity contribution in [3.8, 4) is 5.75 Å². The van der Waals surface area contributed by atoms with E-state index >= 15 is 0 Å². The zero-order valence-corrected chi connectivity index (χ0v) is 10.6. The van der Waals surface area contributed by atoms with Gasteiger partial charge in [0.25, 0.3) is 0 Å².